The maximum Gasteiger partial charge on any atom is 0.127 e. The monoisotopic (exact) mass is 283 g/mol. The van der Waals surface area contributed by atoms with Crippen molar-refractivity contribution in [3.8, 4) is 11.5 Å². The average Bonchev–Trinajstić information content (AvgIpc) is 2.52. The molecule has 2 nitrogen and oxygen atoms in total. The van der Waals surface area contributed by atoms with Gasteiger partial charge in [-0.3, -0.25) is 0 Å². The lowest BCUT2D eigenvalue weighted by atomic mass is 10.0. The highest BCUT2D eigenvalue weighted by Gasteiger charge is 2.08. The zero-order chi connectivity index (χ0) is 15.1. The molecule has 0 saturated heterocycles. The first-order valence-electron chi connectivity index (χ1n) is 7.80. The molecule has 1 unspecified atom stereocenters. The zero-order valence-corrected chi connectivity index (χ0v) is 13.2. The van der Waals surface area contributed by atoms with Crippen LogP contribution in [0, 0.1) is 6.92 Å². The largest absolute Gasteiger partial charge is 0.457 e. The van der Waals surface area contributed by atoms with Crippen LogP contribution in [0.5, 0.6) is 11.5 Å². The zero-order valence-electron chi connectivity index (χ0n) is 13.2. The summed E-state index contributed by atoms with van der Waals surface area (Å²) in [5.74, 6) is 1.76. The number of rotatable bonds is 7. The smallest absolute Gasteiger partial charge is 0.127 e. The second-order valence-electron chi connectivity index (χ2n) is 5.40. The van der Waals surface area contributed by atoms with E-state index in [0.717, 1.165) is 30.9 Å². The highest BCUT2D eigenvalue weighted by atomic mass is 16.5. The summed E-state index contributed by atoms with van der Waals surface area (Å²) in [6.07, 6.45) is 2.25. The molecule has 0 fully saturated rings. The van der Waals surface area contributed by atoms with Crippen LogP contribution in [0.2, 0.25) is 0 Å². The van der Waals surface area contributed by atoms with E-state index in [0.29, 0.717) is 6.04 Å². The van der Waals surface area contributed by atoms with Crippen LogP contribution < -0.4 is 10.1 Å². The van der Waals surface area contributed by atoms with Crippen molar-refractivity contribution in [3.63, 3.8) is 0 Å². The number of benzene rings is 2. The van der Waals surface area contributed by atoms with Crippen molar-refractivity contribution in [3.05, 3.63) is 59.7 Å². The number of aryl methyl sites for hydroxylation is 1. The number of hydrogen-bond donors (Lipinski definition) is 1. The summed E-state index contributed by atoms with van der Waals surface area (Å²) < 4.78 is 5.86. The van der Waals surface area contributed by atoms with Crippen LogP contribution in [0.1, 0.15) is 43.9 Å². The summed E-state index contributed by atoms with van der Waals surface area (Å²) >= 11 is 0. The van der Waals surface area contributed by atoms with Crippen LogP contribution in [0.25, 0.3) is 0 Å². The first kappa shape index (κ1) is 15.6. The van der Waals surface area contributed by atoms with Crippen molar-refractivity contribution in [2.45, 2.75) is 39.7 Å². The van der Waals surface area contributed by atoms with Crippen LogP contribution in [-0.4, -0.2) is 6.54 Å². The molecule has 0 aliphatic heterocycles. The Morgan fingerprint density at radius 1 is 0.905 bits per heavy atom. The Hall–Kier alpha value is -1.80. The molecule has 2 heteroatoms. The maximum absolute atomic E-state index is 5.86. The highest BCUT2D eigenvalue weighted by Crippen LogP contribution is 2.24. The molecule has 0 aliphatic carbocycles. The lowest BCUT2D eigenvalue weighted by Crippen LogP contribution is -2.21. The molecule has 1 atom stereocenters. The quantitative estimate of drug-likeness (QED) is 0.750. The summed E-state index contributed by atoms with van der Waals surface area (Å²) in [5.41, 5.74) is 2.56. The van der Waals surface area contributed by atoms with Gasteiger partial charge in [0, 0.05) is 6.04 Å². The van der Waals surface area contributed by atoms with E-state index in [1.165, 1.54) is 11.1 Å². The van der Waals surface area contributed by atoms with Crippen molar-refractivity contribution in [2.75, 3.05) is 6.54 Å². The minimum atomic E-state index is 0.429. The van der Waals surface area contributed by atoms with E-state index in [4.69, 9.17) is 4.74 Å². The molecule has 0 aromatic heterocycles. The van der Waals surface area contributed by atoms with Gasteiger partial charge >= 0.3 is 0 Å². The van der Waals surface area contributed by atoms with Crippen molar-refractivity contribution in [1.29, 1.82) is 0 Å². The number of hydrogen-bond acceptors (Lipinski definition) is 2. The van der Waals surface area contributed by atoms with Gasteiger partial charge in [0.05, 0.1) is 0 Å². The normalized spacial score (nSPS) is 12.1. The Kier molecular flexibility index (Phi) is 5.82. The van der Waals surface area contributed by atoms with Gasteiger partial charge in [-0.25, -0.2) is 0 Å². The molecule has 0 aliphatic rings. The standard InChI is InChI=1S/C19H25NO/c1-4-14-20-19(5-2)16-8-12-18(13-9-16)21-17-10-6-15(3)7-11-17/h6-13,19-20H,4-5,14H2,1-3H3. The van der Waals surface area contributed by atoms with Crippen molar-refractivity contribution in [1.82, 2.24) is 5.32 Å². The van der Waals surface area contributed by atoms with E-state index < -0.39 is 0 Å². The Labute approximate surface area is 128 Å². The molecular weight excluding hydrogens is 258 g/mol. The fraction of sp³-hybridized carbons (Fsp3) is 0.368. The van der Waals surface area contributed by atoms with Gasteiger partial charge in [-0.15, -0.1) is 0 Å². The molecule has 2 aromatic rings. The minimum absolute atomic E-state index is 0.429. The summed E-state index contributed by atoms with van der Waals surface area (Å²) in [4.78, 5) is 0. The first-order chi connectivity index (χ1) is 10.2. The highest BCUT2D eigenvalue weighted by molar-refractivity contribution is 5.35. The fourth-order valence-electron chi connectivity index (χ4n) is 2.33. The van der Waals surface area contributed by atoms with Gasteiger partial charge in [-0.2, -0.15) is 0 Å². The van der Waals surface area contributed by atoms with E-state index in [-0.39, 0.29) is 0 Å². The van der Waals surface area contributed by atoms with E-state index in [9.17, 15) is 0 Å². The molecule has 1 N–H and O–H groups in total. The van der Waals surface area contributed by atoms with Gasteiger partial charge < -0.3 is 10.1 Å². The lowest BCUT2D eigenvalue weighted by Gasteiger charge is -2.17. The molecule has 0 heterocycles. The van der Waals surface area contributed by atoms with E-state index in [1.807, 2.05) is 24.3 Å². The molecule has 0 amide bonds. The van der Waals surface area contributed by atoms with Gasteiger partial charge in [-0.05, 0) is 56.1 Å². The van der Waals surface area contributed by atoms with Crippen LogP contribution in [0.15, 0.2) is 48.5 Å². The fourth-order valence-corrected chi connectivity index (χ4v) is 2.33. The van der Waals surface area contributed by atoms with E-state index in [2.05, 4.69) is 50.4 Å². The van der Waals surface area contributed by atoms with Crippen LogP contribution in [0.4, 0.5) is 0 Å². The van der Waals surface area contributed by atoms with Crippen molar-refractivity contribution in [2.24, 2.45) is 0 Å². The molecule has 0 saturated carbocycles. The topological polar surface area (TPSA) is 21.3 Å². The summed E-state index contributed by atoms with van der Waals surface area (Å²) in [7, 11) is 0. The molecule has 21 heavy (non-hydrogen) atoms. The average molecular weight is 283 g/mol. The second-order valence-corrected chi connectivity index (χ2v) is 5.40. The number of ether oxygens (including phenoxy) is 1. The molecular formula is C19H25NO. The third-order valence-corrected chi connectivity index (χ3v) is 3.59. The van der Waals surface area contributed by atoms with Gasteiger partial charge in [0.25, 0.3) is 0 Å². The third-order valence-electron chi connectivity index (χ3n) is 3.59. The Morgan fingerprint density at radius 2 is 1.48 bits per heavy atom. The third kappa shape index (κ3) is 4.61. The summed E-state index contributed by atoms with van der Waals surface area (Å²) in [6, 6.07) is 17.0. The first-order valence-corrected chi connectivity index (χ1v) is 7.80. The minimum Gasteiger partial charge on any atom is -0.457 e. The summed E-state index contributed by atoms with van der Waals surface area (Å²) in [6.45, 7) is 7.54. The Bertz CT molecular complexity index is 530. The molecule has 112 valence electrons. The molecule has 0 bridgehead atoms. The Balaban J connectivity index is 2.02. The molecule has 0 radical (unpaired) electrons. The van der Waals surface area contributed by atoms with Crippen molar-refractivity contribution < 1.29 is 4.74 Å². The maximum atomic E-state index is 5.86. The molecule has 2 rings (SSSR count). The lowest BCUT2D eigenvalue weighted by molar-refractivity contribution is 0.480. The van der Waals surface area contributed by atoms with Gasteiger partial charge in [0.1, 0.15) is 11.5 Å². The second kappa shape index (κ2) is 7.84. The van der Waals surface area contributed by atoms with Crippen molar-refractivity contribution >= 4 is 0 Å². The predicted molar refractivity (Wildman–Crippen MR) is 89.0 cm³/mol. The van der Waals surface area contributed by atoms with Crippen LogP contribution in [-0.2, 0) is 0 Å². The Morgan fingerprint density at radius 3 is 2.00 bits per heavy atom. The SMILES string of the molecule is CCCNC(CC)c1ccc(Oc2ccc(C)cc2)cc1. The molecule has 0 spiro atoms. The van der Waals surface area contributed by atoms with Crippen LogP contribution >= 0.6 is 0 Å². The van der Waals surface area contributed by atoms with Gasteiger partial charge in [0.15, 0.2) is 0 Å². The summed E-state index contributed by atoms with van der Waals surface area (Å²) in [5, 5.41) is 3.57. The van der Waals surface area contributed by atoms with E-state index in [1.54, 1.807) is 0 Å². The van der Waals surface area contributed by atoms with E-state index >= 15 is 0 Å². The molecule has 2 aromatic carbocycles. The van der Waals surface area contributed by atoms with Gasteiger partial charge in [-0.1, -0.05) is 43.7 Å². The number of nitrogens with one attached hydrogen (secondary N) is 1. The predicted octanol–water partition coefficient (Wildman–Crippen LogP) is 5.24. The van der Waals surface area contributed by atoms with Gasteiger partial charge in [0.2, 0.25) is 0 Å². The van der Waals surface area contributed by atoms with Crippen LogP contribution in [0.3, 0.4) is 0 Å².